The Bertz CT molecular complexity index is 1100. The molecule has 1 aromatic carbocycles. The van der Waals surface area contributed by atoms with Gasteiger partial charge >= 0.3 is 0 Å². The molecular weight excluding hydrogens is 387 g/mol. The molecule has 2 heterocycles. The van der Waals surface area contributed by atoms with Crippen LogP contribution in [0.25, 0.3) is 10.9 Å². The third-order valence-corrected chi connectivity index (χ3v) is 4.71. The zero-order chi connectivity index (χ0) is 20.8. The second-order valence-electron chi connectivity index (χ2n) is 6.95. The Kier molecular flexibility index (Phi) is 4.48. The summed E-state index contributed by atoms with van der Waals surface area (Å²) in [5.74, 6) is -4.32. The second kappa shape index (κ2) is 6.87. The molecule has 0 aliphatic heterocycles. The zero-order valence-electron chi connectivity index (χ0n) is 15.2. The molecule has 10 heteroatoms. The van der Waals surface area contributed by atoms with E-state index in [0.717, 1.165) is 12.3 Å². The lowest BCUT2D eigenvalue weighted by Crippen LogP contribution is -2.50. The van der Waals surface area contributed by atoms with Gasteiger partial charge in [-0.05, 0) is 30.3 Å². The number of rotatable bonds is 4. The highest BCUT2D eigenvalue weighted by molar-refractivity contribution is 6.07. The van der Waals surface area contributed by atoms with E-state index in [-0.39, 0.29) is 24.2 Å². The first-order chi connectivity index (χ1) is 13.7. The number of benzene rings is 1. The molecule has 150 valence electrons. The lowest BCUT2D eigenvalue weighted by atomic mass is 9.88. The van der Waals surface area contributed by atoms with Gasteiger partial charge in [0, 0.05) is 37.0 Å². The monoisotopic (exact) mass is 403 g/mol. The first-order valence-corrected chi connectivity index (χ1v) is 8.80. The van der Waals surface area contributed by atoms with Crippen LogP contribution < -0.4 is 10.6 Å². The van der Waals surface area contributed by atoms with Crippen molar-refractivity contribution in [2.24, 2.45) is 7.05 Å². The molecule has 1 fully saturated rings. The molecule has 1 saturated carbocycles. The number of nitrogens with zero attached hydrogens (tertiary/aromatic N) is 3. The highest BCUT2D eigenvalue weighted by Gasteiger charge is 2.46. The first kappa shape index (κ1) is 18.9. The van der Waals surface area contributed by atoms with Gasteiger partial charge < -0.3 is 10.6 Å². The van der Waals surface area contributed by atoms with Crippen LogP contribution in [0, 0.1) is 5.82 Å². The number of amides is 2. The molecule has 3 aromatic rings. The smallest absolute Gasteiger partial charge is 0.274 e. The molecule has 29 heavy (non-hydrogen) atoms. The predicted molar refractivity (Wildman–Crippen MR) is 98.3 cm³/mol. The number of aromatic nitrogens is 3. The van der Waals surface area contributed by atoms with Crippen molar-refractivity contribution in [3.63, 3.8) is 0 Å². The third-order valence-electron chi connectivity index (χ3n) is 4.71. The van der Waals surface area contributed by atoms with Gasteiger partial charge in [0.2, 0.25) is 0 Å². The van der Waals surface area contributed by atoms with E-state index in [0.29, 0.717) is 16.6 Å². The SMILES string of the molecule is Cn1nc(C(=O)NC2CC(F)(F)C2)c2ccc(NC(=O)c3ccc(F)cn3)cc21. The van der Waals surface area contributed by atoms with Crippen molar-refractivity contribution in [1.82, 2.24) is 20.1 Å². The quantitative estimate of drug-likeness (QED) is 0.701. The number of carbonyl (C=O) groups is 2. The van der Waals surface area contributed by atoms with Crippen molar-refractivity contribution in [2.45, 2.75) is 24.8 Å². The average molecular weight is 403 g/mol. The van der Waals surface area contributed by atoms with Crippen molar-refractivity contribution in [2.75, 3.05) is 5.32 Å². The maximum absolute atomic E-state index is 13.0. The summed E-state index contributed by atoms with van der Waals surface area (Å²) in [5, 5.41) is 9.91. The standard InChI is InChI=1S/C19H16F3N5O2/c1-27-15-6-11(24-17(28)14-5-2-10(20)9-23-14)3-4-13(15)16(26-27)18(29)25-12-7-19(21,22)8-12/h2-6,9,12H,7-8H2,1H3,(H,24,28)(H,25,29). The zero-order valence-corrected chi connectivity index (χ0v) is 15.2. The summed E-state index contributed by atoms with van der Waals surface area (Å²) in [7, 11) is 1.63. The van der Waals surface area contributed by atoms with E-state index in [1.54, 1.807) is 25.2 Å². The van der Waals surface area contributed by atoms with Gasteiger partial charge in [0.05, 0.1) is 11.7 Å². The number of halogens is 3. The molecule has 1 aliphatic carbocycles. The van der Waals surface area contributed by atoms with Gasteiger partial charge in [0.1, 0.15) is 11.5 Å². The highest BCUT2D eigenvalue weighted by atomic mass is 19.3. The van der Waals surface area contributed by atoms with Gasteiger partial charge in [0.15, 0.2) is 5.69 Å². The van der Waals surface area contributed by atoms with Crippen LogP contribution >= 0.6 is 0 Å². The number of anilines is 1. The topological polar surface area (TPSA) is 88.9 Å². The number of alkyl halides is 2. The summed E-state index contributed by atoms with van der Waals surface area (Å²) in [6.07, 6.45) is 0.191. The minimum Gasteiger partial charge on any atom is -0.347 e. The Hall–Kier alpha value is -3.43. The third kappa shape index (κ3) is 3.78. The Morgan fingerprint density at radius 1 is 1.17 bits per heavy atom. The lowest BCUT2D eigenvalue weighted by Gasteiger charge is -2.35. The van der Waals surface area contributed by atoms with Crippen LogP contribution in [0.2, 0.25) is 0 Å². The van der Waals surface area contributed by atoms with E-state index in [2.05, 4.69) is 20.7 Å². The largest absolute Gasteiger partial charge is 0.347 e. The van der Waals surface area contributed by atoms with E-state index in [4.69, 9.17) is 0 Å². The van der Waals surface area contributed by atoms with Gasteiger partial charge in [-0.25, -0.2) is 18.2 Å². The minimum absolute atomic E-state index is 0.0499. The summed E-state index contributed by atoms with van der Waals surface area (Å²) in [4.78, 5) is 28.4. The number of fused-ring (bicyclic) bond motifs is 1. The van der Waals surface area contributed by atoms with Crippen LogP contribution in [0.5, 0.6) is 0 Å². The lowest BCUT2D eigenvalue weighted by molar-refractivity contribution is -0.0901. The van der Waals surface area contributed by atoms with Crippen LogP contribution in [0.3, 0.4) is 0 Å². The van der Waals surface area contributed by atoms with Gasteiger partial charge in [0.25, 0.3) is 17.7 Å². The van der Waals surface area contributed by atoms with Crippen LogP contribution in [-0.2, 0) is 7.05 Å². The van der Waals surface area contributed by atoms with Gasteiger partial charge in [-0.1, -0.05) is 0 Å². The Labute approximate surface area is 162 Å². The van der Waals surface area contributed by atoms with Crippen molar-refractivity contribution in [3.8, 4) is 0 Å². The Morgan fingerprint density at radius 3 is 2.59 bits per heavy atom. The number of hydrogen-bond donors (Lipinski definition) is 2. The van der Waals surface area contributed by atoms with Crippen LogP contribution in [0.4, 0.5) is 18.9 Å². The van der Waals surface area contributed by atoms with Crippen molar-refractivity contribution in [3.05, 3.63) is 53.7 Å². The number of aryl methyl sites for hydroxylation is 1. The summed E-state index contributed by atoms with van der Waals surface area (Å²) in [6, 6.07) is 6.64. The van der Waals surface area contributed by atoms with Crippen molar-refractivity contribution < 1.29 is 22.8 Å². The van der Waals surface area contributed by atoms with E-state index in [1.807, 2.05) is 0 Å². The molecule has 0 bridgehead atoms. The van der Waals surface area contributed by atoms with Crippen molar-refractivity contribution in [1.29, 1.82) is 0 Å². The maximum Gasteiger partial charge on any atom is 0.274 e. The molecule has 1 aliphatic rings. The fourth-order valence-corrected chi connectivity index (χ4v) is 3.23. The molecule has 4 rings (SSSR count). The summed E-state index contributed by atoms with van der Waals surface area (Å²) < 4.78 is 40.3. The fourth-order valence-electron chi connectivity index (χ4n) is 3.23. The number of carbonyl (C=O) groups excluding carboxylic acids is 2. The van der Waals surface area contributed by atoms with Gasteiger partial charge in [-0.15, -0.1) is 0 Å². The fraction of sp³-hybridized carbons (Fsp3) is 0.263. The van der Waals surface area contributed by atoms with Crippen molar-refractivity contribution >= 4 is 28.4 Å². The molecular formula is C19H16F3N5O2. The van der Waals surface area contributed by atoms with Crippen LogP contribution in [0.1, 0.15) is 33.8 Å². The Morgan fingerprint density at radius 2 is 1.93 bits per heavy atom. The van der Waals surface area contributed by atoms with E-state index >= 15 is 0 Å². The van der Waals surface area contributed by atoms with Crippen LogP contribution in [-0.4, -0.2) is 38.5 Å². The average Bonchev–Trinajstić information content (AvgIpc) is 2.97. The predicted octanol–water partition coefficient (Wildman–Crippen LogP) is 2.89. The van der Waals surface area contributed by atoms with E-state index in [9.17, 15) is 22.8 Å². The molecule has 0 atom stereocenters. The summed E-state index contributed by atoms with van der Waals surface area (Å²) >= 11 is 0. The molecule has 2 N–H and O–H groups in total. The molecule has 2 amide bonds. The molecule has 2 aromatic heterocycles. The molecule has 0 spiro atoms. The number of pyridine rings is 1. The minimum atomic E-state index is -2.73. The molecule has 0 unspecified atom stereocenters. The van der Waals surface area contributed by atoms with E-state index < -0.39 is 29.6 Å². The molecule has 7 nitrogen and oxygen atoms in total. The number of nitrogens with one attached hydrogen (secondary N) is 2. The normalized spacial score (nSPS) is 15.7. The van der Waals surface area contributed by atoms with E-state index in [1.165, 1.54) is 10.7 Å². The molecule has 0 saturated heterocycles. The van der Waals surface area contributed by atoms with Gasteiger partial charge in [-0.3, -0.25) is 14.3 Å². The number of hydrogen-bond acceptors (Lipinski definition) is 4. The van der Waals surface area contributed by atoms with Crippen LogP contribution in [0.15, 0.2) is 36.5 Å². The highest BCUT2D eigenvalue weighted by Crippen LogP contribution is 2.37. The maximum atomic E-state index is 13.0. The molecule has 0 radical (unpaired) electrons. The summed E-state index contributed by atoms with van der Waals surface area (Å²) in [6.45, 7) is 0. The Balaban J connectivity index is 1.52. The van der Waals surface area contributed by atoms with Gasteiger partial charge in [-0.2, -0.15) is 5.10 Å². The first-order valence-electron chi connectivity index (χ1n) is 8.80. The second-order valence-corrected chi connectivity index (χ2v) is 6.95. The summed E-state index contributed by atoms with van der Waals surface area (Å²) in [5.41, 5.74) is 1.17.